The summed E-state index contributed by atoms with van der Waals surface area (Å²) in [4.78, 5) is 15.6. The molecule has 0 aliphatic carbocycles. The largest absolute Gasteiger partial charge is 0.395 e. The van der Waals surface area contributed by atoms with Gasteiger partial charge in [0, 0.05) is 18.0 Å². The number of aryl methyl sites for hydroxylation is 1. The molecule has 0 bridgehead atoms. The van der Waals surface area contributed by atoms with Gasteiger partial charge in [0.1, 0.15) is 5.39 Å². The first-order valence-corrected chi connectivity index (χ1v) is 6.94. The fourth-order valence-corrected chi connectivity index (χ4v) is 2.63. The standard InChI is InChI=1S/C16H15N3O3/c1-10-6-7-13(19(21)22)14-15(10)18-12-5-3-2-4-11(12)16(14)17-8-9-20/h2-7,20H,8-9H2,1H3,(H,17,18). The van der Waals surface area contributed by atoms with Crippen LogP contribution in [0.5, 0.6) is 0 Å². The van der Waals surface area contributed by atoms with Gasteiger partial charge in [0.2, 0.25) is 0 Å². The van der Waals surface area contributed by atoms with E-state index in [1.807, 2.05) is 31.2 Å². The third-order valence-electron chi connectivity index (χ3n) is 3.62. The number of fused-ring (bicyclic) bond motifs is 2. The summed E-state index contributed by atoms with van der Waals surface area (Å²) in [6, 6.07) is 10.7. The van der Waals surface area contributed by atoms with Crippen LogP contribution < -0.4 is 5.32 Å². The molecular formula is C16H15N3O3. The molecule has 112 valence electrons. The van der Waals surface area contributed by atoms with E-state index in [0.717, 1.165) is 16.5 Å². The first-order valence-electron chi connectivity index (χ1n) is 6.94. The normalized spacial score (nSPS) is 11.0. The van der Waals surface area contributed by atoms with Crippen molar-refractivity contribution in [3.05, 3.63) is 52.1 Å². The van der Waals surface area contributed by atoms with E-state index in [4.69, 9.17) is 5.11 Å². The van der Waals surface area contributed by atoms with Crippen molar-refractivity contribution in [2.24, 2.45) is 0 Å². The lowest BCUT2D eigenvalue weighted by molar-refractivity contribution is -0.383. The van der Waals surface area contributed by atoms with Crippen LogP contribution in [-0.2, 0) is 0 Å². The fourth-order valence-electron chi connectivity index (χ4n) is 2.63. The van der Waals surface area contributed by atoms with Crippen LogP contribution in [0.15, 0.2) is 36.4 Å². The quantitative estimate of drug-likeness (QED) is 0.439. The number of non-ortho nitro benzene ring substituents is 1. The molecule has 2 aromatic carbocycles. The molecule has 0 fully saturated rings. The average Bonchev–Trinajstić information content (AvgIpc) is 2.52. The summed E-state index contributed by atoms with van der Waals surface area (Å²) in [5.74, 6) is 0. The Kier molecular flexibility index (Phi) is 3.60. The van der Waals surface area contributed by atoms with E-state index in [9.17, 15) is 10.1 Å². The van der Waals surface area contributed by atoms with Gasteiger partial charge in [-0.3, -0.25) is 10.1 Å². The van der Waals surface area contributed by atoms with E-state index in [1.165, 1.54) is 6.07 Å². The van der Waals surface area contributed by atoms with Crippen molar-refractivity contribution in [1.82, 2.24) is 4.98 Å². The summed E-state index contributed by atoms with van der Waals surface area (Å²) in [6.45, 7) is 2.13. The number of benzene rings is 2. The number of hydrogen-bond acceptors (Lipinski definition) is 5. The second-order valence-corrected chi connectivity index (χ2v) is 5.04. The molecule has 0 radical (unpaired) electrons. The number of aliphatic hydroxyl groups is 1. The highest BCUT2D eigenvalue weighted by atomic mass is 16.6. The molecule has 0 saturated carbocycles. The Balaban J connectivity index is 2.48. The maximum absolute atomic E-state index is 11.4. The van der Waals surface area contributed by atoms with Crippen molar-refractivity contribution in [3.8, 4) is 0 Å². The summed E-state index contributed by atoms with van der Waals surface area (Å²) >= 11 is 0. The Morgan fingerprint density at radius 1 is 1.27 bits per heavy atom. The number of nitrogens with one attached hydrogen (secondary N) is 1. The average molecular weight is 297 g/mol. The molecule has 0 amide bonds. The van der Waals surface area contributed by atoms with Gasteiger partial charge in [-0.15, -0.1) is 0 Å². The van der Waals surface area contributed by atoms with Gasteiger partial charge in [0.15, 0.2) is 0 Å². The number of aliphatic hydroxyl groups excluding tert-OH is 1. The lowest BCUT2D eigenvalue weighted by Crippen LogP contribution is -2.08. The highest BCUT2D eigenvalue weighted by molar-refractivity contribution is 6.11. The molecule has 2 N–H and O–H groups in total. The van der Waals surface area contributed by atoms with E-state index < -0.39 is 4.92 Å². The zero-order valence-electron chi connectivity index (χ0n) is 12.0. The van der Waals surface area contributed by atoms with Crippen molar-refractivity contribution >= 4 is 33.2 Å². The molecule has 3 aromatic rings. The maximum atomic E-state index is 11.4. The molecule has 0 spiro atoms. The third kappa shape index (κ3) is 2.23. The van der Waals surface area contributed by atoms with Crippen LogP contribution in [0.1, 0.15) is 5.56 Å². The Morgan fingerprint density at radius 3 is 2.77 bits per heavy atom. The Morgan fingerprint density at radius 2 is 2.05 bits per heavy atom. The second kappa shape index (κ2) is 5.57. The van der Waals surface area contributed by atoms with Crippen molar-refractivity contribution in [2.45, 2.75) is 6.92 Å². The van der Waals surface area contributed by atoms with Gasteiger partial charge in [-0.25, -0.2) is 4.98 Å². The predicted octanol–water partition coefficient (Wildman–Crippen LogP) is 3.01. The number of pyridine rings is 1. The van der Waals surface area contributed by atoms with E-state index in [1.54, 1.807) is 6.07 Å². The van der Waals surface area contributed by atoms with Crippen LogP contribution in [0.3, 0.4) is 0 Å². The molecule has 0 aliphatic rings. The predicted molar refractivity (Wildman–Crippen MR) is 86.2 cm³/mol. The molecule has 6 nitrogen and oxygen atoms in total. The van der Waals surface area contributed by atoms with Gasteiger partial charge >= 0.3 is 0 Å². The number of para-hydroxylation sites is 1. The lowest BCUT2D eigenvalue weighted by atomic mass is 10.0. The highest BCUT2D eigenvalue weighted by Gasteiger charge is 2.20. The molecule has 6 heteroatoms. The van der Waals surface area contributed by atoms with Crippen LogP contribution >= 0.6 is 0 Å². The van der Waals surface area contributed by atoms with Gasteiger partial charge < -0.3 is 10.4 Å². The van der Waals surface area contributed by atoms with Crippen LogP contribution in [0.2, 0.25) is 0 Å². The number of nitro benzene ring substituents is 1. The van der Waals surface area contributed by atoms with Gasteiger partial charge in [-0.05, 0) is 18.6 Å². The minimum Gasteiger partial charge on any atom is -0.395 e. The minimum absolute atomic E-state index is 0.0132. The van der Waals surface area contributed by atoms with Gasteiger partial charge in [0.25, 0.3) is 5.69 Å². The molecule has 1 aromatic heterocycles. The van der Waals surface area contributed by atoms with Crippen molar-refractivity contribution in [2.75, 3.05) is 18.5 Å². The van der Waals surface area contributed by atoms with Crippen LogP contribution in [0.25, 0.3) is 21.8 Å². The van der Waals surface area contributed by atoms with E-state index in [2.05, 4.69) is 10.3 Å². The minimum atomic E-state index is -0.400. The van der Waals surface area contributed by atoms with Crippen molar-refractivity contribution in [3.63, 3.8) is 0 Å². The summed E-state index contributed by atoms with van der Waals surface area (Å²) < 4.78 is 0. The number of anilines is 1. The molecule has 22 heavy (non-hydrogen) atoms. The van der Waals surface area contributed by atoms with Crippen molar-refractivity contribution in [1.29, 1.82) is 0 Å². The zero-order chi connectivity index (χ0) is 15.7. The molecule has 0 saturated heterocycles. The molecule has 0 atom stereocenters. The summed E-state index contributed by atoms with van der Waals surface area (Å²) in [5.41, 5.74) is 2.90. The topological polar surface area (TPSA) is 88.3 Å². The van der Waals surface area contributed by atoms with Crippen LogP contribution in [0, 0.1) is 17.0 Å². The summed E-state index contributed by atoms with van der Waals surface area (Å²) in [5, 5.41) is 24.9. The lowest BCUT2D eigenvalue weighted by Gasteiger charge is -2.13. The number of hydrogen-bond donors (Lipinski definition) is 2. The second-order valence-electron chi connectivity index (χ2n) is 5.04. The SMILES string of the molecule is Cc1ccc([N+](=O)[O-])c2c(NCCO)c3ccccc3nc12. The first kappa shape index (κ1) is 14.2. The number of aromatic nitrogens is 1. The Bertz CT molecular complexity index is 877. The summed E-state index contributed by atoms with van der Waals surface area (Å²) in [6.07, 6.45) is 0. The molecule has 1 heterocycles. The third-order valence-corrected chi connectivity index (χ3v) is 3.62. The fraction of sp³-hybridized carbons (Fsp3) is 0.188. The van der Waals surface area contributed by atoms with E-state index in [0.29, 0.717) is 23.1 Å². The number of nitro groups is 1. The van der Waals surface area contributed by atoms with E-state index >= 15 is 0 Å². The van der Waals surface area contributed by atoms with Crippen LogP contribution in [0.4, 0.5) is 11.4 Å². The number of rotatable bonds is 4. The molecule has 3 rings (SSSR count). The maximum Gasteiger partial charge on any atom is 0.280 e. The monoisotopic (exact) mass is 297 g/mol. The Hall–Kier alpha value is -2.73. The highest BCUT2D eigenvalue weighted by Crippen LogP contribution is 2.37. The smallest absolute Gasteiger partial charge is 0.280 e. The van der Waals surface area contributed by atoms with Crippen molar-refractivity contribution < 1.29 is 10.0 Å². The zero-order valence-corrected chi connectivity index (χ0v) is 12.0. The van der Waals surface area contributed by atoms with E-state index in [-0.39, 0.29) is 12.3 Å². The Labute approximate surface area is 126 Å². The van der Waals surface area contributed by atoms with Crippen LogP contribution in [-0.4, -0.2) is 28.2 Å². The van der Waals surface area contributed by atoms with Gasteiger partial charge in [0.05, 0.1) is 28.3 Å². The molecule has 0 unspecified atom stereocenters. The molecule has 0 aliphatic heterocycles. The molecular weight excluding hydrogens is 282 g/mol. The van der Waals surface area contributed by atoms with Gasteiger partial charge in [-0.2, -0.15) is 0 Å². The van der Waals surface area contributed by atoms with Gasteiger partial charge in [-0.1, -0.05) is 24.3 Å². The number of nitrogens with zero attached hydrogens (tertiary/aromatic N) is 2. The summed E-state index contributed by atoms with van der Waals surface area (Å²) in [7, 11) is 0. The first-order chi connectivity index (χ1) is 10.6.